The average molecular weight is 248 g/mol. The Morgan fingerprint density at radius 3 is 3.06 bits per heavy atom. The van der Waals surface area contributed by atoms with E-state index in [1.165, 1.54) is 5.56 Å². The monoisotopic (exact) mass is 248 g/mol. The maximum absolute atomic E-state index is 12.1. The predicted octanol–water partition coefficient (Wildman–Crippen LogP) is 1.48. The first-order valence-corrected chi connectivity index (χ1v) is 6.43. The van der Waals surface area contributed by atoms with E-state index in [4.69, 9.17) is 4.74 Å². The van der Waals surface area contributed by atoms with Crippen molar-refractivity contribution in [3.63, 3.8) is 0 Å². The second-order valence-corrected chi connectivity index (χ2v) is 4.53. The Hall–Kier alpha value is -1.39. The van der Waals surface area contributed by atoms with Crippen LogP contribution in [0.25, 0.3) is 0 Å². The SMILES string of the molecule is CCc1cccc(C)c1NC(=O)C1COCCN1. The minimum atomic E-state index is -0.247. The summed E-state index contributed by atoms with van der Waals surface area (Å²) in [5.41, 5.74) is 3.21. The molecule has 0 radical (unpaired) electrons. The van der Waals surface area contributed by atoms with Crippen LogP contribution < -0.4 is 10.6 Å². The molecule has 1 atom stereocenters. The number of rotatable bonds is 3. The summed E-state index contributed by atoms with van der Waals surface area (Å²) >= 11 is 0. The molecule has 18 heavy (non-hydrogen) atoms. The fourth-order valence-electron chi connectivity index (χ4n) is 2.15. The summed E-state index contributed by atoms with van der Waals surface area (Å²) in [6.45, 7) is 5.95. The fourth-order valence-corrected chi connectivity index (χ4v) is 2.15. The zero-order valence-electron chi connectivity index (χ0n) is 11.0. The molecule has 98 valence electrons. The molecule has 1 aromatic carbocycles. The van der Waals surface area contributed by atoms with Crippen molar-refractivity contribution >= 4 is 11.6 Å². The fraction of sp³-hybridized carbons (Fsp3) is 0.500. The number of carbonyl (C=O) groups is 1. The average Bonchev–Trinajstić information content (AvgIpc) is 2.42. The maximum atomic E-state index is 12.1. The predicted molar refractivity (Wildman–Crippen MR) is 71.8 cm³/mol. The lowest BCUT2D eigenvalue weighted by Crippen LogP contribution is -2.49. The number of benzene rings is 1. The van der Waals surface area contributed by atoms with Crippen molar-refractivity contribution in [2.45, 2.75) is 26.3 Å². The molecule has 1 aliphatic rings. The zero-order valence-corrected chi connectivity index (χ0v) is 11.0. The Kier molecular flexibility index (Phi) is 4.33. The number of para-hydroxylation sites is 1. The van der Waals surface area contributed by atoms with E-state index in [2.05, 4.69) is 17.6 Å². The van der Waals surface area contributed by atoms with E-state index in [0.717, 1.165) is 24.2 Å². The van der Waals surface area contributed by atoms with E-state index in [9.17, 15) is 4.79 Å². The molecule has 4 heteroatoms. The van der Waals surface area contributed by atoms with Crippen LogP contribution in [0.1, 0.15) is 18.1 Å². The first-order valence-electron chi connectivity index (χ1n) is 6.43. The molecular weight excluding hydrogens is 228 g/mol. The van der Waals surface area contributed by atoms with Crippen molar-refractivity contribution in [2.75, 3.05) is 25.1 Å². The quantitative estimate of drug-likeness (QED) is 0.852. The van der Waals surface area contributed by atoms with E-state index in [0.29, 0.717) is 13.2 Å². The summed E-state index contributed by atoms with van der Waals surface area (Å²) in [6.07, 6.45) is 0.909. The molecule has 0 spiro atoms. The van der Waals surface area contributed by atoms with Gasteiger partial charge in [0.25, 0.3) is 0 Å². The van der Waals surface area contributed by atoms with Crippen molar-refractivity contribution in [3.05, 3.63) is 29.3 Å². The van der Waals surface area contributed by atoms with Crippen LogP contribution in [0.5, 0.6) is 0 Å². The van der Waals surface area contributed by atoms with E-state index >= 15 is 0 Å². The first-order chi connectivity index (χ1) is 8.72. The van der Waals surface area contributed by atoms with Gasteiger partial charge in [-0.05, 0) is 24.5 Å². The molecule has 1 fully saturated rings. The molecule has 4 nitrogen and oxygen atoms in total. The second kappa shape index (κ2) is 5.98. The molecule has 0 aliphatic carbocycles. The lowest BCUT2D eigenvalue weighted by molar-refractivity contribution is -0.120. The van der Waals surface area contributed by atoms with E-state index in [1.807, 2.05) is 25.1 Å². The largest absolute Gasteiger partial charge is 0.378 e. The highest BCUT2D eigenvalue weighted by Gasteiger charge is 2.22. The highest BCUT2D eigenvalue weighted by Crippen LogP contribution is 2.21. The van der Waals surface area contributed by atoms with Crippen LogP contribution in [0.4, 0.5) is 5.69 Å². The Bertz CT molecular complexity index is 426. The molecule has 2 rings (SSSR count). The minimum Gasteiger partial charge on any atom is -0.378 e. The molecule has 2 N–H and O–H groups in total. The van der Waals surface area contributed by atoms with Crippen molar-refractivity contribution in [2.24, 2.45) is 0 Å². The molecule has 1 aromatic rings. The summed E-state index contributed by atoms with van der Waals surface area (Å²) in [7, 11) is 0. The summed E-state index contributed by atoms with van der Waals surface area (Å²) in [4.78, 5) is 12.1. The summed E-state index contributed by atoms with van der Waals surface area (Å²) in [5, 5.41) is 6.18. The Morgan fingerprint density at radius 1 is 1.56 bits per heavy atom. The van der Waals surface area contributed by atoms with Crippen LogP contribution in [0.2, 0.25) is 0 Å². The van der Waals surface area contributed by atoms with Gasteiger partial charge >= 0.3 is 0 Å². The van der Waals surface area contributed by atoms with Gasteiger partial charge < -0.3 is 15.4 Å². The van der Waals surface area contributed by atoms with Crippen LogP contribution in [0.3, 0.4) is 0 Å². The number of anilines is 1. The van der Waals surface area contributed by atoms with Gasteiger partial charge in [0.05, 0.1) is 13.2 Å². The van der Waals surface area contributed by atoms with Crippen LogP contribution in [0, 0.1) is 6.92 Å². The lowest BCUT2D eigenvalue weighted by atomic mass is 10.1. The van der Waals surface area contributed by atoms with Crippen LogP contribution in [-0.4, -0.2) is 31.7 Å². The molecule has 1 saturated heterocycles. The van der Waals surface area contributed by atoms with Crippen LogP contribution >= 0.6 is 0 Å². The number of nitrogens with one attached hydrogen (secondary N) is 2. The van der Waals surface area contributed by atoms with Crippen molar-refractivity contribution < 1.29 is 9.53 Å². The summed E-state index contributed by atoms with van der Waals surface area (Å²) < 4.78 is 5.30. The summed E-state index contributed by atoms with van der Waals surface area (Å²) in [6, 6.07) is 5.83. The van der Waals surface area contributed by atoms with Crippen molar-refractivity contribution in [3.8, 4) is 0 Å². The summed E-state index contributed by atoms with van der Waals surface area (Å²) in [5.74, 6) is -0.0151. The Morgan fingerprint density at radius 2 is 2.39 bits per heavy atom. The molecule has 0 bridgehead atoms. The van der Waals surface area contributed by atoms with Crippen LogP contribution in [0.15, 0.2) is 18.2 Å². The van der Waals surface area contributed by atoms with Gasteiger partial charge in [-0.1, -0.05) is 25.1 Å². The maximum Gasteiger partial charge on any atom is 0.243 e. The number of amides is 1. The molecular formula is C14H20N2O2. The first kappa shape index (κ1) is 13.1. The minimum absolute atomic E-state index is 0.0151. The number of hydrogen-bond acceptors (Lipinski definition) is 3. The second-order valence-electron chi connectivity index (χ2n) is 4.53. The molecule has 1 unspecified atom stereocenters. The van der Waals surface area contributed by atoms with Gasteiger partial charge in [-0.2, -0.15) is 0 Å². The molecule has 0 saturated carbocycles. The molecule has 1 heterocycles. The van der Waals surface area contributed by atoms with E-state index < -0.39 is 0 Å². The normalized spacial score (nSPS) is 19.6. The van der Waals surface area contributed by atoms with Gasteiger partial charge in [0.1, 0.15) is 6.04 Å². The number of hydrogen-bond donors (Lipinski definition) is 2. The third kappa shape index (κ3) is 2.89. The number of carbonyl (C=O) groups excluding carboxylic acids is 1. The van der Waals surface area contributed by atoms with Gasteiger partial charge in [-0.3, -0.25) is 4.79 Å². The Balaban J connectivity index is 2.10. The van der Waals surface area contributed by atoms with Crippen molar-refractivity contribution in [1.82, 2.24) is 5.32 Å². The third-order valence-corrected chi connectivity index (χ3v) is 3.23. The van der Waals surface area contributed by atoms with Crippen LogP contribution in [-0.2, 0) is 16.0 Å². The third-order valence-electron chi connectivity index (χ3n) is 3.23. The molecule has 0 aromatic heterocycles. The standard InChI is InChI=1S/C14H20N2O2/c1-3-11-6-4-5-10(2)13(11)16-14(17)12-9-18-8-7-15-12/h4-6,12,15H,3,7-9H2,1-2H3,(H,16,17). The zero-order chi connectivity index (χ0) is 13.0. The van der Waals surface area contributed by atoms with E-state index in [-0.39, 0.29) is 11.9 Å². The topological polar surface area (TPSA) is 50.4 Å². The lowest BCUT2D eigenvalue weighted by Gasteiger charge is -2.24. The number of ether oxygens (including phenoxy) is 1. The van der Waals surface area contributed by atoms with Gasteiger partial charge in [0, 0.05) is 12.2 Å². The number of morpholine rings is 1. The highest BCUT2D eigenvalue weighted by molar-refractivity contribution is 5.96. The molecule has 1 aliphatic heterocycles. The number of aryl methyl sites for hydroxylation is 2. The smallest absolute Gasteiger partial charge is 0.243 e. The van der Waals surface area contributed by atoms with Gasteiger partial charge in [0.15, 0.2) is 0 Å². The van der Waals surface area contributed by atoms with E-state index in [1.54, 1.807) is 0 Å². The van der Waals surface area contributed by atoms with Gasteiger partial charge in [-0.25, -0.2) is 0 Å². The highest BCUT2D eigenvalue weighted by atomic mass is 16.5. The molecule has 1 amide bonds. The van der Waals surface area contributed by atoms with Crippen molar-refractivity contribution in [1.29, 1.82) is 0 Å². The Labute approximate surface area is 108 Å². The van der Waals surface area contributed by atoms with Gasteiger partial charge in [0.2, 0.25) is 5.91 Å². The van der Waals surface area contributed by atoms with Gasteiger partial charge in [-0.15, -0.1) is 0 Å².